The van der Waals surface area contributed by atoms with Crippen molar-refractivity contribution in [3.8, 4) is 0 Å². The van der Waals surface area contributed by atoms with Crippen LogP contribution in [0.1, 0.15) is 28.3 Å². The van der Waals surface area contributed by atoms with Gasteiger partial charge >= 0.3 is 0 Å². The van der Waals surface area contributed by atoms with Gasteiger partial charge in [-0.25, -0.2) is 0 Å². The number of anilines is 1. The van der Waals surface area contributed by atoms with Crippen molar-refractivity contribution in [2.24, 2.45) is 0 Å². The molecule has 1 aliphatic carbocycles. The lowest BCUT2D eigenvalue weighted by molar-refractivity contribution is 0.861. The van der Waals surface area contributed by atoms with Gasteiger partial charge in [-0.1, -0.05) is 53.0 Å². The lowest BCUT2D eigenvalue weighted by Crippen LogP contribution is -2.19. The van der Waals surface area contributed by atoms with Gasteiger partial charge < -0.3 is 5.32 Å². The lowest BCUT2D eigenvalue weighted by Gasteiger charge is -2.29. The van der Waals surface area contributed by atoms with E-state index in [4.69, 9.17) is 0 Å². The third kappa shape index (κ3) is 1.89. The zero-order valence-corrected chi connectivity index (χ0v) is 11.6. The Morgan fingerprint density at radius 2 is 1.60 bits per heavy atom. The van der Waals surface area contributed by atoms with Crippen LogP contribution in [0.25, 0.3) is 0 Å². The summed E-state index contributed by atoms with van der Waals surface area (Å²) < 4.78 is 3.93. The van der Waals surface area contributed by atoms with E-state index < -0.39 is 0 Å². The molecule has 98 valence electrons. The maximum absolute atomic E-state index is 3.93. The van der Waals surface area contributed by atoms with E-state index in [1.807, 2.05) is 0 Å². The Balaban J connectivity index is 1.84. The summed E-state index contributed by atoms with van der Waals surface area (Å²) >= 11 is 1.39. The summed E-state index contributed by atoms with van der Waals surface area (Å²) in [5.74, 6) is 0. The SMILES string of the molecule is c1ccc2c(c1)Cc1ccccc1C2Nc1cnns1. The van der Waals surface area contributed by atoms with E-state index in [1.54, 1.807) is 6.20 Å². The summed E-state index contributed by atoms with van der Waals surface area (Å²) in [4.78, 5) is 0. The number of fused-ring (bicyclic) bond motifs is 2. The molecule has 0 fully saturated rings. The summed E-state index contributed by atoms with van der Waals surface area (Å²) in [6.45, 7) is 0. The Kier molecular flexibility index (Phi) is 2.74. The largest absolute Gasteiger partial charge is 0.363 e. The number of hydrogen-bond donors (Lipinski definition) is 1. The molecule has 2 aromatic carbocycles. The summed E-state index contributed by atoms with van der Waals surface area (Å²) in [5.41, 5.74) is 5.47. The van der Waals surface area contributed by atoms with Crippen LogP contribution in [0.5, 0.6) is 0 Å². The van der Waals surface area contributed by atoms with Crippen LogP contribution in [-0.4, -0.2) is 9.59 Å². The Morgan fingerprint density at radius 1 is 0.950 bits per heavy atom. The standard InChI is InChI=1S/C16H13N3S/c1-3-7-13-11(5-1)9-12-6-2-4-8-14(12)16(13)18-15-10-17-19-20-15/h1-8,10,16,18H,9H2. The molecule has 4 heteroatoms. The van der Waals surface area contributed by atoms with Gasteiger partial charge in [0.05, 0.1) is 12.2 Å². The summed E-state index contributed by atoms with van der Waals surface area (Å²) in [5, 5.41) is 8.47. The second-order valence-corrected chi connectivity index (χ2v) is 5.72. The highest BCUT2D eigenvalue weighted by Crippen LogP contribution is 2.37. The number of rotatable bonds is 2. The summed E-state index contributed by atoms with van der Waals surface area (Å²) in [7, 11) is 0. The van der Waals surface area contributed by atoms with Gasteiger partial charge in [-0.2, -0.15) is 0 Å². The molecule has 1 N–H and O–H groups in total. The van der Waals surface area contributed by atoms with E-state index in [9.17, 15) is 0 Å². The fraction of sp³-hybridized carbons (Fsp3) is 0.125. The first-order valence-electron chi connectivity index (χ1n) is 6.61. The molecular weight excluding hydrogens is 266 g/mol. The quantitative estimate of drug-likeness (QED) is 0.778. The monoisotopic (exact) mass is 279 g/mol. The molecule has 0 saturated heterocycles. The van der Waals surface area contributed by atoms with Crippen molar-refractivity contribution in [1.29, 1.82) is 0 Å². The normalized spacial score (nSPS) is 13.6. The zero-order chi connectivity index (χ0) is 13.4. The molecule has 4 rings (SSSR count). The second kappa shape index (κ2) is 4.72. The second-order valence-electron chi connectivity index (χ2n) is 4.93. The highest BCUT2D eigenvalue weighted by Gasteiger charge is 2.25. The molecule has 20 heavy (non-hydrogen) atoms. The van der Waals surface area contributed by atoms with Gasteiger partial charge in [0.25, 0.3) is 0 Å². The molecule has 0 spiro atoms. The number of benzene rings is 2. The van der Waals surface area contributed by atoms with Gasteiger partial charge in [-0.15, -0.1) is 5.10 Å². The zero-order valence-electron chi connectivity index (χ0n) is 10.8. The highest BCUT2D eigenvalue weighted by molar-refractivity contribution is 7.09. The molecule has 0 unspecified atom stereocenters. The predicted molar refractivity (Wildman–Crippen MR) is 81.1 cm³/mol. The Hall–Kier alpha value is -2.20. The molecule has 0 aliphatic heterocycles. The van der Waals surface area contributed by atoms with Crippen molar-refractivity contribution in [2.75, 3.05) is 5.32 Å². The van der Waals surface area contributed by atoms with Crippen LogP contribution >= 0.6 is 11.5 Å². The minimum Gasteiger partial charge on any atom is -0.363 e. The lowest BCUT2D eigenvalue weighted by atomic mass is 9.82. The van der Waals surface area contributed by atoms with Crippen LogP contribution in [-0.2, 0) is 6.42 Å². The van der Waals surface area contributed by atoms with Crippen molar-refractivity contribution < 1.29 is 0 Å². The van der Waals surface area contributed by atoms with Crippen LogP contribution in [0.15, 0.2) is 54.7 Å². The minimum atomic E-state index is 0.179. The fourth-order valence-electron chi connectivity index (χ4n) is 2.85. The van der Waals surface area contributed by atoms with Gasteiger partial charge in [0, 0.05) is 11.5 Å². The minimum absolute atomic E-state index is 0.179. The van der Waals surface area contributed by atoms with E-state index in [0.717, 1.165) is 11.4 Å². The fourth-order valence-corrected chi connectivity index (χ4v) is 3.30. The molecule has 3 aromatic rings. The summed E-state index contributed by atoms with van der Waals surface area (Å²) in [6.07, 6.45) is 2.79. The van der Waals surface area contributed by atoms with E-state index in [-0.39, 0.29) is 6.04 Å². The molecule has 1 heterocycles. The van der Waals surface area contributed by atoms with Gasteiger partial charge in [0.15, 0.2) is 0 Å². The Morgan fingerprint density at radius 3 is 2.20 bits per heavy atom. The van der Waals surface area contributed by atoms with Crippen molar-refractivity contribution in [1.82, 2.24) is 9.59 Å². The van der Waals surface area contributed by atoms with E-state index in [1.165, 1.54) is 33.8 Å². The molecule has 0 bridgehead atoms. The Labute approximate surface area is 121 Å². The van der Waals surface area contributed by atoms with Crippen LogP contribution in [0, 0.1) is 0 Å². The number of nitrogens with zero attached hydrogens (tertiary/aromatic N) is 2. The van der Waals surface area contributed by atoms with Gasteiger partial charge in [-0.3, -0.25) is 0 Å². The van der Waals surface area contributed by atoms with Crippen molar-refractivity contribution >= 4 is 16.5 Å². The molecule has 1 aromatic heterocycles. The van der Waals surface area contributed by atoms with Crippen molar-refractivity contribution in [3.63, 3.8) is 0 Å². The number of nitrogens with one attached hydrogen (secondary N) is 1. The third-order valence-corrected chi connectivity index (χ3v) is 4.36. The third-order valence-electron chi connectivity index (χ3n) is 3.76. The average Bonchev–Trinajstić information content (AvgIpc) is 3.00. The maximum Gasteiger partial charge on any atom is 0.130 e. The molecule has 3 nitrogen and oxygen atoms in total. The smallest absolute Gasteiger partial charge is 0.130 e. The molecule has 0 saturated carbocycles. The number of aromatic nitrogens is 2. The Bertz CT molecular complexity index is 691. The molecule has 0 amide bonds. The van der Waals surface area contributed by atoms with Crippen LogP contribution in [0.4, 0.5) is 5.00 Å². The number of hydrogen-bond acceptors (Lipinski definition) is 4. The van der Waals surface area contributed by atoms with Crippen LogP contribution in [0.2, 0.25) is 0 Å². The molecular formula is C16H13N3S. The highest BCUT2D eigenvalue weighted by atomic mass is 32.1. The van der Waals surface area contributed by atoms with E-state index in [2.05, 4.69) is 63.4 Å². The molecule has 0 radical (unpaired) electrons. The van der Waals surface area contributed by atoms with Crippen molar-refractivity contribution in [3.05, 3.63) is 77.0 Å². The first-order chi connectivity index (χ1) is 9.92. The average molecular weight is 279 g/mol. The van der Waals surface area contributed by atoms with E-state index in [0.29, 0.717) is 0 Å². The molecule has 0 atom stereocenters. The van der Waals surface area contributed by atoms with Gasteiger partial charge in [0.2, 0.25) is 0 Å². The summed E-state index contributed by atoms with van der Waals surface area (Å²) in [6, 6.07) is 17.4. The van der Waals surface area contributed by atoms with Crippen molar-refractivity contribution in [2.45, 2.75) is 12.5 Å². The predicted octanol–water partition coefficient (Wildman–Crippen LogP) is 3.64. The maximum atomic E-state index is 3.93. The topological polar surface area (TPSA) is 37.8 Å². The van der Waals surface area contributed by atoms with Gasteiger partial charge in [-0.05, 0) is 28.7 Å². The van der Waals surface area contributed by atoms with Crippen LogP contribution < -0.4 is 5.32 Å². The van der Waals surface area contributed by atoms with Crippen LogP contribution in [0.3, 0.4) is 0 Å². The molecule has 1 aliphatic rings. The first-order valence-corrected chi connectivity index (χ1v) is 7.38. The first kappa shape index (κ1) is 11.6. The van der Waals surface area contributed by atoms with Gasteiger partial charge in [0.1, 0.15) is 5.00 Å². The van der Waals surface area contributed by atoms with E-state index >= 15 is 0 Å².